The molecule has 0 spiro atoms. The fourth-order valence-electron chi connectivity index (χ4n) is 5.47. The van der Waals surface area contributed by atoms with Crippen molar-refractivity contribution in [3.8, 4) is 0 Å². The highest BCUT2D eigenvalue weighted by molar-refractivity contribution is 5.56. The van der Waals surface area contributed by atoms with Crippen LogP contribution in [0, 0.1) is 0 Å². The average molecular weight is 451 g/mol. The number of anilines is 1. The molecule has 3 aliphatic rings. The van der Waals surface area contributed by atoms with Gasteiger partial charge in [0.05, 0.1) is 19.3 Å². The van der Waals surface area contributed by atoms with Crippen LogP contribution in [0.5, 0.6) is 0 Å². The Balaban J connectivity index is 1.18. The van der Waals surface area contributed by atoms with Crippen molar-refractivity contribution in [3.63, 3.8) is 0 Å². The van der Waals surface area contributed by atoms with E-state index in [1.807, 2.05) is 0 Å². The number of benzene rings is 2. The van der Waals surface area contributed by atoms with Crippen molar-refractivity contribution in [2.45, 2.75) is 32.2 Å². The number of aliphatic hydroxyl groups excluding tert-OH is 1. The largest absolute Gasteiger partial charge is 0.390 e. The zero-order valence-corrected chi connectivity index (χ0v) is 20.0. The lowest BCUT2D eigenvalue weighted by Gasteiger charge is -2.32. The number of ether oxygens (including phenoxy) is 1. The number of morpholine rings is 1. The maximum absolute atomic E-state index is 10.9. The summed E-state index contributed by atoms with van der Waals surface area (Å²) in [5.41, 5.74) is 6.95. The molecule has 5 rings (SSSR count). The van der Waals surface area contributed by atoms with E-state index in [1.165, 1.54) is 27.9 Å². The molecular weight excluding hydrogens is 412 g/mol. The van der Waals surface area contributed by atoms with Crippen LogP contribution in [0.25, 0.3) is 0 Å². The Morgan fingerprint density at radius 2 is 1.55 bits per heavy atom. The Hall–Kier alpha value is -1.96. The number of nitrogens with zero attached hydrogens (tertiary/aromatic N) is 4. The highest BCUT2D eigenvalue weighted by Crippen LogP contribution is 2.27. The lowest BCUT2D eigenvalue weighted by molar-refractivity contribution is 0.0342. The van der Waals surface area contributed by atoms with Crippen molar-refractivity contribution < 1.29 is 9.84 Å². The third-order valence-electron chi connectivity index (χ3n) is 7.36. The molecule has 0 radical (unpaired) electrons. The highest BCUT2D eigenvalue weighted by atomic mass is 16.5. The molecule has 1 fully saturated rings. The van der Waals surface area contributed by atoms with Gasteiger partial charge in [-0.25, -0.2) is 0 Å². The third kappa shape index (κ3) is 5.76. The lowest BCUT2D eigenvalue weighted by atomic mass is 10.00. The SMILES string of the molecule is CN1CCN(CC(O)CN2CCc3ccccc3C2)Cc2ccc(CN3CCOCC3)cc21. The number of rotatable bonds is 6. The van der Waals surface area contributed by atoms with Crippen molar-refractivity contribution in [1.82, 2.24) is 14.7 Å². The minimum atomic E-state index is -0.331. The molecule has 1 saturated heterocycles. The summed E-state index contributed by atoms with van der Waals surface area (Å²) in [7, 11) is 2.20. The molecule has 0 amide bonds. The molecule has 1 atom stereocenters. The molecule has 6 heteroatoms. The van der Waals surface area contributed by atoms with Gasteiger partial charge in [-0.05, 0) is 34.7 Å². The van der Waals surface area contributed by atoms with Gasteiger partial charge < -0.3 is 14.7 Å². The molecular formula is C27H38N4O2. The summed E-state index contributed by atoms with van der Waals surface area (Å²) in [6, 6.07) is 15.7. The molecule has 0 saturated carbocycles. The number of β-amino-alcohol motifs (C(OH)–C–C–N with tert-alkyl or cyclic N) is 1. The Morgan fingerprint density at radius 3 is 2.36 bits per heavy atom. The van der Waals surface area contributed by atoms with Crippen LogP contribution in [-0.4, -0.2) is 92.0 Å². The predicted octanol–water partition coefficient (Wildman–Crippen LogP) is 2.19. The minimum Gasteiger partial charge on any atom is -0.390 e. The van der Waals surface area contributed by atoms with Crippen molar-refractivity contribution in [3.05, 3.63) is 64.7 Å². The second-order valence-electron chi connectivity index (χ2n) is 9.92. The van der Waals surface area contributed by atoms with E-state index in [9.17, 15) is 5.11 Å². The summed E-state index contributed by atoms with van der Waals surface area (Å²) in [4.78, 5) is 9.69. The fraction of sp³-hybridized carbons (Fsp3) is 0.556. The molecule has 1 unspecified atom stereocenters. The number of aliphatic hydroxyl groups is 1. The first-order valence-corrected chi connectivity index (χ1v) is 12.5. The van der Waals surface area contributed by atoms with Gasteiger partial charge in [0, 0.05) is 78.2 Å². The summed E-state index contributed by atoms with van der Waals surface area (Å²) in [6.07, 6.45) is 0.750. The third-order valence-corrected chi connectivity index (χ3v) is 7.36. The molecule has 2 aromatic carbocycles. The summed E-state index contributed by atoms with van der Waals surface area (Å²) < 4.78 is 5.49. The van der Waals surface area contributed by atoms with Crippen LogP contribution in [0.15, 0.2) is 42.5 Å². The Labute approximate surface area is 198 Å². The Morgan fingerprint density at radius 1 is 0.818 bits per heavy atom. The molecule has 0 aromatic heterocycles. The van der Waals surface area contributed by atoms with E-state index in [0.717, 1.165) is 85.1 Å². The summed E-state index contributed by atoms with van der Waals surface area (Å²) >= 11 is 0. The summed E-state index contributed by atoms with van der Waals surface area (Å²) in [5, 5.41) is 10.9. The van der Waals surface area contributed by atoms with E-state index >= 15 is 0 Å². The second kappa shape index (κ2) is 10.5. The number of hydrogen-bond acceptors (Lipinski definition) is 6. The smallest absolute Gasteiger partial charge is 0.0794 e. The van der Waals surface area contributed by atoms with E-state index in [4.69, 9.17) is 4.74 Å². The van der Waals surface area contributed by atoms with E-state index in [-0.39, 0.29) is 6.10 Å². The molecule has 0 bridgehead atoms. The lowest BCUT2D eigenvalue weighted by Crippen LogP contribution is -2.42. The van der Waals surface area contributed by atoms with Crippen LogP contribution < -0.4 is 4.90 Å². The van der Waals surface area contributed by atoms with E-state index in [0.29, 0.717) is 0 Å². The van der Waals surface area contributed by atoms with Gasteiger partial charge in [0.2, 0.25) is 0 Å². The topological polar surface area (TPSA) is 42.4 Å². The van der Waals surface area contributed by atoms with Crippen LogP contribution in [0.4, 0.5) is 5.69 Å². The molecule has 6 nitrogen and oxygen atoms in total. The van der Waals surface area contributed by atoms with Gasteiger partial charge in [0.1, 0.15) is 0 Å². The van der Waals surface area contributed by atoms with E-state index < -0.39 is 0 Å². The average Bonchev–Trinajstić information content (AvgIpc) is 2.98. The van der Waals surface area contributed by atoms with Gasteiger partial charge in [0.25, 0.3) is 0 Å². The van der Waals surface area contributed by atoms with Crippen LogP contribution in [0.3, 0.4) is 0 Å². The molecule has 178 valence electrons. The van der Waals surface area contributed by atoms with E-state index in [2.05, 4.69) is 69.1 Å². The van der Waals surface area contributed by atoms with Gasteiger partial charge in [-0.15, -0.1) is 0 Å². The van der Waals surface area contributed by atoms with Gasteiger partial charge in [0.15, 0.2) is 0 Å². The Bertz CT molecular complexity index is 930. The molecule has 3 heterocycles. The first-order chi connectivity index (χ1) is 16.1. The first kappa shape index (κ1) is 22.8. The summed E-state index contributed by atoms with van der Waals surface area (Å²) in [5.74, 6) is 0. The highest BCUT2D eigenvalue weighted by Gasteiger charge is 2.23. The molecule has 33 heavy (non-hydrogen) atoms. The number of fused-ring (bicyclic) bond motifs is 2. The minimum absolute atomic E-state index is 0.331. The van der Waals surface area contributed by atoms with Gasteiger partial charge >= 0.3 is 0 Å². The van der Waals surface area contributed by atoms with Gasteiger partial charge in [-0.1, -0.05) is 36.4 Å². The molecule has 2 aromatic rings. The van der Waals surface area contributed by atoms with Crippen LogP contribution >= 0.6 is 0 Å². The number of likely N-dealkylation sites (N-methyl/N-ethyl adjacent to an activating group) is 1. The standard InChI is InChI=1S/C27H38N4O2/c1-28-10-11-31(21-26(32)20-30-9-8-23-4-2-3-5-24(23)18-30)19-25-7-6-22(16-27(25)28)17-29-12-14-33-15-13-29/h2-7,16,26,32H,8-15,17-21H2,1H3. The molecule has 3 aliphatic heterocycles. The van der Waals surface area contributed by atoms with Crippen molar-refractivity contribution in [1.29, 1.82) is 0 Å². The quantitative estimate of drug-likeness (QED) is 0.728. The van der Waals surface area contributed by atoms with Crippen LogP contribution in [-0.2, 0) is 30.8 Å². The summed E-state index contributed by atoms with van der Waals surface area (Å²) in [6.45, 7) is 11.0. The van der Waals surface area contributed by atoms with Gasteiger partial charge in [-0.2, -0.15) is 0 Å². The van der Waals surface area contributed by atoms with E-state index in [1.54, 1.807) is 0 Å². The maximum atomic E-state index is 10.9. The zero-order chi connectivity index (χ0) is 22.6. The maximum Gasteiger partial charge on any atom is 0.0794 e. The zero-order valence-electron chi connectivity index (χ0n) is 20.0. The van der Waals surface area contributed by atoms with Gasteiger partial charge in [-0.3, -0.25) is 14.7 Å². The Kier molecular flexibility index (Phi) is 7.28. The molecule has 0 aliphatic carbocycles. The van der Waals surface area contributed by atoms with Crippen molar-refractivity contribution in [2.75, 3.05) is 71.0 Å². The normalized spacial score (nSPS) is 21.3. The monoisotopic (exact) mass is 450 g/mol. The second-order valence-corrected chi connectivity index (χ2v) is 9.92. The van der Waals surface area contributed by atoms with Crippen molar-refractivity contribution in [2.24, 2.45) is 0 Å². The predicted molar refractivity (Wildman–Crippen MR) is 133 cm³/mol. The number of hydrogen-bond donors (Lipinski definition) is 1. The molecule has 1 N–H and O–H groups in total. The first-order valence-electron chi connectivity index (χ1n) is 12.5. The van der Waals surface area contributed by atoms with Crippen LogP contribution in [0.2, 0.25) is 0 Å². The van der Waals surface area contributed by atoms with Crippen LogP contribution in [0.1, 0.15) is 22.3 Å². The van der Waals surface area contributed by atoms with Crippen molar-refractivity contribution >= 4 is 5.69 Å². The fourth-order valence-corrected chi connectivity index (χ4v) is 5.47.